The van der Waals surface area contributed by atoms with Crippen molar-refractivity contribution in [3.05, 3.63) is 32.3 Å². The summed E-state index contributed by atoms with van der Waals surface area (Å²) in [5.41, 5.74) is 0.533. The highest BCUT2D eigenvalue weighted by Crippen LogP contribution is 2.38. The van der Waals surface area contributed by atoms with Crippen molar-refractivity contribution in [2.75, 3.05) is 5.32 Å². The van der Waals surface area contributed by atoms with Crippen molar-refractivity contribution in [3.8, 4) is 0 Å². The summed E-state index contributed by atoms with van der Waals surface area (Å²) in [4.78, 5) is 10.3. The molecule has 0 spiro atoms. The first-order chi connectivity index (χ1) is 9.52. The quantitative estimate of drug-likeness (QED) is 0.607. The minimum atomic E-state index is -0.489. The molecule has 1 aliphatic carbocycles. The molecule has 20 heavy (non-hydrogen) atoms. The number of nitrogens with zero attached hydrogens (tertiary/aromatic N) is 1. The molecule has 0 heterocycles. The van der Waals surface area contributed by atoms with Crippen molar-refractivity contribution in [2.45, 2.75) is 45.1 Å². The lowest BCUT2D eigenvalue weighted by molar-refractivity contribution is -0.384. The second-order valence-corrected chi connectivity index (χ2v) is 6.06. The van der Waals surface area contributed by atoms with Crippen LogP contribution >= 0.6 is 23.2 Å². The van der Waals surface area contributed by atoms with E-state index in [0.717, 1.165) is 12.8 Å². The lowest BCUT2D eigenvalue weighted by Crippen LogP contribution is -2.32. The van der Waals surface area contributed by atoms with E-state index in [1.54, 1.807) is 0 Å². The van der Waals surface area contributed by atoms with E-state index in [2.05, 4.69) is 12.2 Å². The minimum absolute atomic E-state index is 0.0822. The van der Waals surface area contributed by atoms with Crippen molar-refractivity contribution >= 4 is 34.6 Å². The Morgan fingerprint density at radius 1 is 1.30 bits per heavy atom. The third kappa shape index (κ3) is 3.36. The van der Waals surface area contributed by atoms with E-state index in [-0.39, 0.29) is 5.69 Å². The highest BCUT2D eigenvalue weighted by molar-refractivity contribution is 6.39. The topological polar surface area (TPSA) is 55.2 Å². The van der Waals surface area contributed by atoms with Gasteiger partial charge in [-0.3, -0.25) is 10.1 Å². The van der Waals surface area contributed by atoms with Crippen LogP contribution in [0.4, 0.5) is 11.4 Å². The van der Waals surface area contributed by atoms with Gasteiger partial charge in [0.2, 0.25) is 0 Å². The van der Waals surface area contributed by atoms with Crippen molar-refractivity contribution < 1.29 is 4.92 Å². The van der Waals surface area contributed by atoms with E-state index in [4.69, 9.17) is 23.2 Å². The first-order valence-corrected chi connectivity index (χ1v) is 7.68. The van der Waals surface area contributed by atoms with Gasteiger partial charge < -0.3 is 5.32 Å². The number of benzene rings is 1. The Labute approximate surface area is 128 Å². The lowest BCUT2D eigenvalue weighted by atomic mass is 9.83. The molecule has 0 saturated heterocycles. The molecule has 0 aromatic heterocycles. The zero-order valence-electron chi connectivity index (χ0n) is 11.4. The number of non-ortho nitro benzene ring substituents is 1. The summed E-state index contributed by atoms with van der Waals surface area (Å²) < 4.78 is 0. The van der Waals surface area contributed by atoms with E-state index in [1.807, 2.05) is 0 Å². The van der Waals surface area contributed by atoms with Gasteiger partial charge in [-0.15, -0.1) is 0 Å². The fourth-order valence-corrected chi connectivity index (χ4v) is 3.46. The molecule has 1 aromatic rings. The smallest absolute Gasteiger partial charge is 0.272 e. The lowest BCUT2D eigenvalue weighted by Gasteiger charge is -2.32. The van der Waals surface area contributed by atoms with Gasteiger partial charge in [0.15, 0.2) is 0 Å². The second-order valence-electron chi connectivity index (χ2n) is 5.25. The summed E-state index contributed by atoms with van der Waals surface area (Å²) in [6.07, 6.45) is 5.85. The average molecular weight is 317 g/mol. The molecule has 0 amide bonds. The zero-order valence-corrected chi connectivity index (χ0v) is 12.9. The summed E-state index contributed by atoms with van der Waals surface area (Å²) in [6.45, 7) is 2.18. The van der Waals surface area contributed by atoms with Crippen LogP contribution in [0.1, 0.15) is 39.0 Å². The maximum absolute atomic E-state index is 10.8. The molecule has 1 aromatic carbocycles. The van der Waals surface area contributed by atoms with E-state index >= 15 is 0 Å². The number of anilines is 1. The molecule has 2 unspecified atom stereocenters. The van der Waals surface area contributed by atoms with Crippen LogP contribution in [0, 0.1) is 16.0 Å². The molecule has 1 aliphatic rings. The maximum Gasteiger partial charge on any atom is 0.272 e. The van der Waals surface area contributed by atoms with Gasteiger partial charge in [-0.2, -0.15) is 0 Å². The van der Waals surface area contributed by atoms with Gasteiger partial charge in [0.05, 0.1) is 20.7 Å². The van der Waals surface area contributed by atoms with Crippen LogP contribution in [0.15, 0.2) is 12.1 Å². The summed E-state index contributed by atoms with van der Waals surface area (Å²) in [7, 11) is 0. The van der Waals surface area contributed by atoms with Gasteiger partial charge >= 0.3 is 0 Å². The molecule has 1 saturated carbocycles. The number of nitro groups is 1. The average Bonchev–Trinajstić information content (AvgIpc) is 2.42. The predicted molar refractivity (Wildman–Crippen MR) is 82.8 cm³/mol. The molecular weight excluding hydrogens is 299 g/mol. The van der Waals surface area contributed by atoms with Crippen molar-refractivity contribution in [1.82, 2.24) is 0 Å². The minimum Gasteiger partial charge on any atom is -0.380 e. The second kappa shape index (κ2) is 6.64. The Kier molecular flexibility index (Phi) is 5.11. The molecule has 1 fully saturated rings. The summed E-state index contributed by atoms with van der Waals surface area (Å²) in [6, 6.07) is 3.03. The maximum atomic E-state index is 10.8. The van der Waals surface area contributed by atoms with E-state index in [0.29, 0.717) is 27.7 Å². The van der Waals surface area contributed by atoms with Crippen LogP contribution < -0.4 is 5.32 Å². The molecule has 0 radical (unpaired) electrons. The van der Waals surface area contributed by atoms with E-state index in [1.165, 1.54) is 31.4 Å². The van der Waals surface area contributed by atoms with Gasteiger partial charge in [-0.1, -0.05) is 49.4 Å². The standard InChI is InChI=1S/C14H18Cl2N2O2/c1-2-9-5-3-4-6-13(9)17-14-11(15)7-10(18(19)20)8-12(14)16/h7-9,13,17H,2-6H2,1H3. The monoisotopic (exact) mass is 316 g/mol. The SMILES string of the molecule is CCC1CCCCC1Nc1c(Cl)cc([N+](=O)[O-])cc1Cl. The molecule has 6 heteroatoms. The van der Waals surface area contributed by atoms with Gasteiger partial charge in [-0.25, -0.2) is 0 Å². The Morgan fingerprint density at radius 2 is 1.90 bits per heavy atom. The fourth-order valence-electron chi connectivity index (χ4n) is 2.87. The normalized spacial score (nSPS) is 22.6. The fraction of sp³-hybridized carbons (Fsp3) is 0.571. The number of nitrogens with one attached hydrogen (secondary N) is 1. The Bertz CT molecular complexity index is 485. The third-order valence-electron chi connectivity index (χ3n) is 4.00. The van der Waals surface area contributed by atoms with Crippen LogP contribution in [0.25, 0.3) is 0 Å². The molecule has 0 aliphatic heterocycles. The first-order valence-electron chi connectivity index (χ1n) is 6.93. The van der Waals surface area contributed by atoms with Crippen LogP contribution in [0.2, 0.25) is 10.0 Å². The predicted octanol–water partition coefficient (Wildman–Crippen LogP) is 5.28. The Balaban J connectivity index is 2.22. The number of hydrogen-bond acceptors (Lipinski definition) is 3. The summed E-state index contributed by atoms with van der Waals surface area (Å²) >= 11 is 12.3. The van der Waals surface area contributed by atoms with E-state index < -0.39 is 4.92 Å². The largest absolute Gasteiger partial charge is 0.380 e. The van der Waals surface area contributed by atoms with Crippen LogP contribution in [0.3, 0.4) is 0 Å². The van der Waals surface area contributed by atoms with Gasteiger partial charge in [0.1, 0.15) is 0 Å². The molecule has 2 rings (SSSR count). The molecule has 110 valence electrons. The molecule has 1 N–H and O–H groups in total. The zero-order chi connectivity index (χ0) is 14.7. The molecule has 4 nitrogen and oxygen atoms in total. The highest BCUT2D eigenvalue weighted by Gasteiger charge is 2.25. The van der Waals surface area contributed by atoms with Crippen molar-refractivity contribution in [1.29, 1.82) is 0 Å². The molecular formula is C14H18Cl2N2O2. The summed E-state index contributed by atoms with van der Waals surface area (Å²) in [5.74, 6) is 0.603. The molecule has 0 bridgehead atoms. The van der Waals surface area contributed by atoms with E-state index in [9.17, 15) is 10.1 Å². The van der Waals surface area contributed by atoms with Crippen LogP contribution in [0.5, 0.6) is 0 Å². The number of nitro benzene ring substituents is 1. The van der Waals surface area contributed by atoms with Crippen molar-refractivity contribution in [2.24, 2.45) is 5.92 Å². The van der Waals surface area contributed by atoms with Crippen molar-refractivity contribution in [3.63, 3.8) is 0 Å². The summed E-state index contributed by atoms with van der Waals surface area (Å²) in [5, 5.41) is 14.8. The number of rotatable bonds is 4. The van der Waals surface area contributed by atoms with Crippen LogP contribution in [-0.2, 0) is 0 Å². The van der Waals surface area contributed by atoms with Gasteiger partial charge in [0, 0.05) is 18.2 Å². The first kappa shape index (κ1) is 15.4. The number of hydrogen-bond donors (Lipinski definition) is 1. The number of halogens is 2. The molecule has 2 atom stereocenters. The van der Waals surface area contributed by atoms with Crippen LogP contribution in [-0.4, -0.2) is 11.0 Å². The van der Waals surface area contributed by atoms with Gasteiger partial charge in [0.25, 0.3) is 5.69 Å². The van der Waals surface area contributed by atoms with Gasteiger partial charge in [-0.05, 0) is 18.8 Å². The Hall–Kier alpha value is -1.00. The third-order valence-corrected chi connectivity index (χ3v) is 4.60. The Morgan fingerprint density at radius 3 is 2.45 bits per heavy atom. The highest BCUT2D eigenvalue weighted by atomic mass is 35.5.